The van der Waals surface area contributed by atoms with Crippen molar-refractivity contribution in [2.24, 2.45) is 0 Å². The second kappa shape index (κ2) is 3.21. The predicted molar refractivity (Wildman–Crippen MR) is 58.6 cm³/mol. The highest BCUT2D eigenvalue weighted by Crippen LogP contribution is 2.26. The maximum absolute atomic E-state index is 11.5. The molecule has 70 valence electrons. The van der Waals surface area contributed by atoms with Crippen LogP contribution in [0.3, 0.4) is 0 Å². The quantitative estimate of drug-likeness (QED) is 0.540. The minimum atomic E-state index is -3.05. The van der Waals surface area contributed by atoms with Crippen molar-refractivity contribution in [2.75, 3.05) is 0 Å². The van der Waals surface area contributed by atoms with E-state index in [9.17, 15) is 8.42 Å². The summed E-state index contributed by atoms with van der Waals surface area (Å²) in [6.07, 6.45) is 0. The summed E-state index contributed by atoms with van der Waals surface area (Å²) in [5.41, 5.74) is 2.03. The van der Waals surface area contributed by atoms with Crippen molar-refractivity contribution in [3.05, 3.63) is 35.4 Å². The van der Waals surface area contributed by atoms with Crippen LogP contribution in [0.15, 0.2) is 24.3 Å². The first-order valence-electron chi connectivity index (χ1n) is 3.82. The number of fused-ring (bicyclic) bond motifs is 1. The van der Waals surface area contributed by atoms with Crippen LogP contribution in [-0.4, -0.2) is 10.9 Å². The lowest BCUT2D eigenvalue weighted by atomic mass is 10.1. The van der Waals surface area contributed by atoms with E-state index in [4.69, 9.17) is 0 Å². The third-order valence-corrected chi connectivity index (χ3v) is 5.60. The van der Waals surface area contributed by atoms with Crippen molar-refractivity contribution < 1.29 is 8.42 Å². The Kier molecular flexibility index (Phi) is 2.33. The molecule has 0 aromatic heterocycles. The lowest BCUT2D eigenvalue weighted by molar-refractivity contribution is 0.542. The minimum Gasteiger partial charge on any atom is -0.211 e. The Balaban J connectivity index is 2.51. The number of sulfonamides is 1. The molecule has 0 bridgehead atoms. The first kappa shape index (κ1) is 9.42. The highest BCUT2D eigenvalue weighted by molar-refractivity contribution is 14.1. The predicted octanol–water partition coefficient (Wildman–Crippen LogP) is 1.68. The minimum absolute atomic E-state index is 0.131. The van der Waals surface area contributed by atoms with Crippen molar-refractivity contribution in [1.29, 1.82) is 0 Å². The van der Waals surface area contributed by atoms with Gasteiger partial charge in [-0.15, -0.1) is 2.52 Å². The SMILES string of the molecule is O=S1(=O)Cc2ccccc2CN1I. The molecule has 1 aliphatic rings. The third kappa shape index (κ3) is 1.72. The van der Waals surface area contributed by atoms with Gasteiger partial charge in [-0.05, 0) is 11.1 Å². The summed E-state index contributed by atoms with van der Waals surface area (Å²) < 4.78 is 24.3. The molecular formula is C8H8INO2S. The van der Waals surface area contributed by atoms with Crippen molar-refractivity contribution >= 4 is 32.9 Å². The summed E-state index contributed by atoms with van der Waals surface area (Å²) in [5.74, 6) is 0.131. The molecule has 1 aromatic carbocycles. The van der Waals surface area contributed by atoms with Crippen LogP contribution < -0.4 is 0 Å². The largest absolute Gasteiger partial charge is 0.227 e. The van der Waals surface area contributed by atoms with E-state index in [0.29, 0.717) is 6.54 Å². The standard InChI is InChI=1S/C8H8INO2S/c9-10-5-7-3-1-2-4-8(7)6-13(10,11)12/h1-4H,5-6H2. The van der Waals surface area contributed by atoms with Crippen LogP contribution in [0.5, 0.6) is 0 Å². The smallest absolute Gasteiger partial charge is 0.211 e. The lowest BCUT2D eigenvalue weighted by Gasteiger charge is -2.22. The average molecular weight is 309 g/mol. The molecule has 1 aromatic rings. The highest BCUT2D eigenvalue weighted by atomic mass is 127. The fourth-order valence-corrected chi connectivity index (χ4v) is 3.29. The van der Waals surface area contributed by atoms with E-state index in [-0.39, 0.29) is 5.75 Å². The van der Waals surface area contributed by atoms with Gasteiger partial charge in [0.15, 0.2) is 0 Å². The van der Waals surface area contributed by atoms with Crippen LogP contribution in [-0.2, 0) is 22.3 Å². The molecule has 2 rings (SSSR count). The zero-order valence-electron chi connectivity index (χ0n) is 6.77. The van der Waals surface area contributed by atoms with Gasteiger partial charge in [-0.3, -0.25) is 0 Å². The third-order valence-electron chi connectivity index (χ3n) is 2.05. The summed E-state index contributed by atoms with van der Waals surface area (Å²) in [7, 11) is -3.05. The average Bonchev–Trinajstić information content (AvgIpc) is 2.06. The summed E-state index contributed by atoms with van der Waals surface area (Å²) in [5, 5.41) is 0. The molecule has 0 amide bonds. The zero-order chi connectivity index (χ0) is 9.47. The van der Waals surface area contributed by atoms with E-state index in [2.05, 4.69) is 0 Å². The molecule has 1 aliphatic heterocycles. The molecule has 0 N–H and O–H groups in total. The van der Waals surface area contributed by atoms with E-state index in [0.717, 1.165) is 11.1 Å². The molecule has 3 nitrogen and oxygen atoms in total. The van der Waals surface area contributed by atoms with Gasteiger partial charge in [0.25, 0.3) is 0 Å². The Morgan fingerprint density at radius 1 is 1.23 bits per heavy atom. The second-order valence-corrected chi connectivity index (χ2v) is 6.68. The molecule has 0 aliphatic carbocycles. The Hall–Kier alpha value is -0.140. The molecule has 0 fully saturated rings. The van der Waals surface area contributed by atoms with Gasteiger partial charge in [0.05, 0.1) is 5.75 Å². The monoisotopic (exact) mass is 309 g/mol. The molecule has 0 saturated heterocycles. The Bertz CT molecular complexity index is 430. The molecule has 0 unspecified atom stereocenters. The summed E-state index contributed by atoms with van der Waals surface area (Å²) in [6.45, 7) is 0.485. The molecule has 0 saturated carbocycles. The topological polar surface area (TPSA) is 37.4 Å². The van der Waals surface area contributed by atoms with Crippen LogP contribution >= 0.6 is 22.9 Å². The summed E-state index contributed by atoms with van der Waals surface area (Å²) in [6, 6.07) is 7.64. The van der Waals surface area contributed by atoms with E-state index in [1.54, 1.807) is 0 Å². The van der Waals surface area contributed by atoms with Gasteiger partial charge in [0.2, 0.25) is 10.0 Å². The van der Waals surface area contributed by atoms with Gasteiger partial charge in [-0.1, -0.05) is 24.3 Å². The van der Waals surface area contributed by atoms with Gasteiger partial charge in [0, 0.05) is 29.4 Å². The Labute approximate surface area is 91.3 Å². The number of rotatable bonds is 0. The second-order valence-electron chi connectivity index (χ2n) is 2.97. The van der Waals surface area contributed by atoms with Crippen molar-refractivity contribution in [1.82, 2.24) is 2.52 Å². The van der Waals surface area contributed by atoms with Gasteiger partial charge < -0.3 is 0 Å². The Morgan fingerprint density at radius 3 is 2.54 bits per heavy atom. The fraction of sp³-hybridized carbons (Fsp3) is 0.250. The van der Waals surface area contributed by atoms with Crippen LogP contribution in [0.2, 0.25) is 0 Å². The summed E-state index contributed by atoms with van der Waals surface area (Å²) >= 11 is 1.84. The van der Waals surface area contributed by atoms with E-state index in [1.807, 2.05) is 47.1 Å². The number of benzene rings is 1. The molecular weight excluding hydrogens is 301 g/mol. The van der Waals surface area contributed by atoms with Crippen LogP contribution in [0.1, 0.15) is 11.1 Å². The highest BCUT2D eigenvalue weighted by Gasteiger charge is 2.27. The number of hydrogen-bond acceptors (Lipinski definition) is 2. The summed E-state index contributed by atoms with van der Waals surface area (Å²) in [4.78, 5) is 0. The molecule has 0 radical (unpaired) electrons. The van der Waals surface area contributed by atoms with Gasteiger partial charge in [0.1, 0.15) is 0 Å². The van der Waals surface area contributed by atoms with E-state index in [1.165, 1.54) is 2.52 Å². The Morgan fingerprint density at radius 2 is 1.85 bits per heavy atom. The van der Waals surface area contributed by atoms with Crippen LogP contribution in [0, 0.1) is 0 Å². The number of halogens is 1. The zero-order valence-corrected chi connectivity index (χ0v) is 9.75. The molecule has 0 spiro atoms. The number of nitrogens with zero attached hydrogens (tertiary/aromatic N) is 1. The first-order valence-corrected chi connectivity index (χ1v) is 6.40. The van der Waals surface area contributed by atoms with E-state index < -0.39 is 10.0 Å². The normalized spacial score (nSPS) is 21.0. The molecule has 5 heteroatoms. The van der Waals surface area contributed by atoms with Crippen molar-refractivity contribution in [2.45, 2.75) is 12.3 Å². The van der Waals surface area contributed by atoms with E-state index >= 15 is 0 Å². The molecule has 0 atom stereocenters. The fourth-order valence-electron chi connectivity index (χ4n) is 1.35. The maximum Gasteiger partial charge on any atom is 0.227 e. The number of hydrogen-bond donors (Lipinski definition) is 0. The van der Waals surface area contributed by atoms with Gasteiger partial charge in [-0.2, -0.15) is 0 Å². The van der Waals surface area contributed by atoms with Crippen LogP contribution in [0.25, 0.3) is 0 Å². The van der Waals surface area contributed by atoms with Crippen molar-refractivity contribution in [3.8, 4) is 0 Å². The first-order chi connectivity index (χ1) is 6.09. The van der Waals surface area contributed by atoms with Crippen LogP contribution in [0.4, 0.5) is 0 Å². The van der Waals surface area contributed by atoms with Crippen molar-refractivity contribution in [3.63, 3.8) is 0 Å². The molecule has 1 heterocycles. The van der Waals surface area contributed by atoms with Gasteiger partial charge in [-0.25, -0.2) is 8.42 Å². The maximum atomic E-state index is 11.5. The lowest BCUT2D eigenvalue weighted by Crippen LogP contribution is -2.27. The van der Waals surface area contributed by atoms with Gasteiger partial charge >= 0.3 is 0 Å². The molecule has 13 heavy (non-hydrogen) atoms.